The van der Waals surface area contributed by atoms with Gasteiger partial charge in [-0.25, -0.2) is 18.4 Å². The van der Waals surface area contributed by atoms with E-state index in [-0.39, 0.29) is 6.54 Å². The molecule has 1 N–H and O–H groups in total. The number of halogens is 2. The molecule has 2 amide bonds. The topological polar surface area (TPSA) is 63.6 Å². The molecule has 0 saturated carbocycles. The van der Waals surface area contributed by atoms with Crippen LogP contribution in [0.25, 0.3) is 5.00 Å². The molecular formula is C29H25F2N3O3S. The number of hydrogen-bond acceptors (Lipinski definition) is 4. The van der Waals surface area contributed by atoms with Crippen molar-refractivity contribution < 1.29 is 23.1 Å². The van der Waals surface area contributed by atoms with E-state index < -0.39 is 29.7 Å². The van der Waals surface area contributed by atoms with Crippen LogP contribution in [0.1, 0.15) is 56.5 Å². The number of esters is 1. The number of amides is 2. The molecule has 0 bridgehead atoms. The predicted octanol–water partition coefficient (Wildman–Crippen LogP) is 6.62. The Balaban J connectivity index is 1.45. The van der Waals surface area contributed by atoms with Crippen molar-refractivity contribution in [3.8, 4) is 5.00 Å². The number of methoxy groups -OCH3 is 1. The van der Waals surface area contributed by atoms with E-state index in [9.17, 15) is 18.4 Å². The molecule has 1 aliphatic carbocycles. The lowest BCUT2D eigenvalue weighted by molar-refractivity contribution is 0.0600. The van der Waals surface area contributed by atoms with Crippen molar-refractivity contribution in [3.05, 3.63) is 105 Å². The number of carbonyl (C=O) groups excluding carboxylic acids is 2. The van der Waals surface area contributed by atoms with Crippen LogP contribution in [0.15, 0.2) is 60.8 Å². The summed E-state index contributed by atoms with van der Waals surface area (Å²) < 4.78 is 35.6. The van der Waals surface area contributed by atoms with Crippen LogP contribution in [0.3, 0.4) is 0 Å². The van der Waals surface area contributed by atoms with Crippen LogP contribution in [-0.4, -0.2) is 28.6 Å². The van der Waals surface area contributed by atoms with E-state index in [0.717, 1.165) is 48.0 Å². The maximum Gasteiger partial charge on any atom is 0.337 e. The summed E-state index contributed by atoms with van der Waals surface area (Å²) in [6.07, 6.45) is 6.14. The fourth-order valence-corrected chi connectivity index (χ4v) is 6.88. The van der Waals surface area contributed by atoms with Gasteiger partial charge in [-0.2, -0.15) is 0 Å². The van der Waals surface area contributed by atoms with E-state index in [4.69, 9.17) is 4.74 Å². The molecule has 2 aromatic heterocycles. The average Bonchev–Trinajstić information content (AvgIpc) is 3.50. The molecule has 3 heterocycles. The Bertz CT molecular complexity index is 1520. The van der Waals surface area contributed by atoms with Crippen LogP contribution in [0.2, 0.25) is 0 Å². The Morgan fingerprint density at radius 3 is 2.47 bits per heavy atom. The van der Waals surface area contributed by atoms with E-state index in [2.05, 4.69) is 9.88 Å². The Kier molecular flexibility index (Phi) is 6.23. The number of carbonyl (C=O) groups is 2. The van der Waals surface area contributed by atoms with Crippen molar-refractivity contribution in [2.45, 2.75) is 38.3 Å². The van der Waals surface area contributed by atoms with Gasteiger partial charge in [0.05, 0.1) is 24.9 Å². The highest BCUT2D eigenvalue weighted by Gasteiger charge is 2.36. The van der Waals surface area contributed by atoms with Gasteiger partial charge in [0.15, 0.2) is 0 Å². The Hall–Kier alpha value is -3.98. The molecule has 0 fully saturated rings. The molecule has 38 heavy (non-hydrogen) atoms. The number of hydrogen-bond donors (Lipinski definition) is 1. The number of anilines is 1. The molecule has 0 radical (unpaired) electrons. The fourth-order valence-electron chi connectivity index (χ4n) is 5.47. The second-order valence-corrected chi connectivity index (χ2v) is 10.6. The van der Waals surface area contributed by atoms with Crippen LogP contribution >= 0.6 is 11.3 Å². The zero-order valence-corrected chi connectivity index (χ0v) is 21.5. The zero-order valence-electron chi connectivity index (χ0n) is 20.7. The summed E-state index contributed by atoms with van der Waals surface area (Å²) >= 11 is 1.74. The predicted molar refractivity (Wildman–Crippen MR) is 141 cm³/mol. The highest BCUT2D eigenvalue weighted by Crippen LogP contribution is 2.44. The lowest BCUT2D eigenvalue weighted by Crippen LogP contribution is -2.38. The van der Waals surface area contributed by atoms with Crippen molar-refractivity contribution >= 4 is 29.0 Å². The molecule has 4 aromatic rings. The van der Waals surface area contributed by atoms with Gasteiger partial charge in [-0.15, -0.1) is 11.3 Å². The van der Waals surface area contributed by atoms with Crippen molar-refractivity contribution in [2.75, 3.05) is 12.4 Å². The van der Waals surface area contributed by atoms with Gasteiger partial charge in [0.1, 0.15) is 22.7 Å². The maximum atomic E-state index is 14.4. The van der Waals surface area contributed by atoms with Crippen molar-refractivity contribution in [2.24, 2.45) is 0 Å². The third kappa shape index (κ3) is 4.26. The number of rotatable bonds is 3. The first-order chi connectivity index (χ1) is 18.4. The van der Waals surface area contributed by atoms with Gasteiger partial charge in [-0.3, -0.25) is 0 Å². The maximum absolute atomic E-state index is 14.4. The second kappa shape index (κ2) is 9.72. The first kappa shape index (κ1) is 24.4. The normalized spacial score (nSPS) is 16.2. The first-order valence-corrected chi connectivity index (χ1v) is 13.3. The van der Waals surface area contributed by atoms with Gasteiger partial charge in [-0.1, -0.05) is 0 Å². The van der Waals surface area contributed by atoms with Gasteiger partial charge in [-0.05, 0) is 85.3 Å². The molecule has 6 nitrogen and oxygen atoms in total. The molecule has 1 aliphatic heterocycles. The summed E-state index contributed by atoms with van der Waals surface area (Å²) in [6, 6.07) is 12.4. The van der Waals surface area contributed by atoms with Crippen molar-refractivity contribution in [1.82, 2.24) is 9.47 Å². The molecule has 2 aliphatic rings. The van der Waals surface area contributed by atoms with Crippen LogP contribution in [-0.2, 0) is 24.1 Å². The van der Waals surface area contributed by atoms with Crippen LogP contribution in [0.5, 0.6) is 0 Å². The van der Waals surface area contributed by atoms with Gasteiger partial charge in [0.2, 0.25) is 0 Å². The van der Waals surface area contributed by atoms with Crippen LogP contribution in [0, 0.1) is 11.6 Å². The highest BCUT2D eigenvalue weighted by atomic mass is 32.1. The minimum atomic E-state index is -0.733. The minimum Gasteiger partial charge on any atom is -0.465 e. The quantitative estimate of drug-likeness (QED) is 0.301. The lowest BCUT2D eigenvalue weighted by Gasteiger charge is -2.31. The van der Waals surface area contributed by atoms with E-state index in [0.29, 0.717) is 16.8 Å². The van der Waals surface area contributed by atoms with Crippen molar-refractivity contribution in [1.29, 1.82) is 0 Å². The molecule has 6 rings (SSSR count). The average molecular weight is 534 g/mol. The second-order valence-electron chi connectivity index (χ2n) is 9.53. The standard InChI is InChI=1S/C29H25F2N3O3S/c1-37-28(35)17-8-10-21(11-9-17)32-29(36)34-16-23-22-5-2-3-7-25(22)38-27(23)33-12-4-6-24(33)26(34)18-13-19(30)15-20(31)14-18/h4,6,8-15,26H,2-3,5,7,16H2,1H3,(H,32,36)/t26-/m1/s1. The van der Waals surface area contributed by atoms with E-state index in [1.165, 1.54) is 29.7 Å². The monoisotopic (exact) mass is 533 g/mol. The SMILES string of the molecule is COC(=O)c1ccc(NC(=O)N2Cc3c(sc4c3CCCC4)-n3cccc3[C@H]2c2cc(F)cc(F)c2)cc1. The first-order valence-electron chi connectivity index (χ1n) is 12.5. The summed E-state index contributed by atoms with van der Waals surface area (Å²) in [7, 11) is 1.31. The number of ether oxygens (including phenoxy) is 1. The number of benzene rings is 2. The molecular weight excluding hydrogens is 508 g/mol. The van der Waals surface area contributed by atoms with E-state index in [1.54, 1.807) is 40.5 Å². The molecule has 2 aromatic carbocycles. The number of fused-ring (bicyclic) bond motifs is 5. The summed E-state index contributed by atoms with van der Waals surface area (Å²) in [4.78, 5) is 28.7. The lowest BCUT2D eigenvalue weighted by atomic mass is 9.95. The third-order valence-corrected chi connectivity index (χ3v) is 8.53. The third-order valence-electron chi connectivity index (χ3n) is 7.20. The Morgan fingerprint density at radius 1 is 1.00 bits per heavy atom. The number of aryl methyl sites for hydroxylation is 1. The zero-order chi connectivity index (χ0) is 26.4. The molecule has 9 heteroatoms. The summed E-state index contributed by atoms with van der Waals surface area (Å²) in [5.74, 6) is -1.87. The summed E-state index contributed by atoms with van der Waals surface area (Å²) in [6.45, 7) is 0.289. The number of aromatic nitrogens is 1. The molecule has 0 spiro atoms. The van der Waals surface area contributed by atoms with Crippen molar-refractivity contribution in [3.63, 3.8) is 0 Å². The Labute approximate surface area is 222 Å². The number of urea groups is 1. The highest BCUT2D eigenvalue weighted by molar-refractivity contribution is 7.15. The fraction of sp³-hybridized carbons (Fsp3) is 0.241. The number of nitrogens with one attached hydrogen (secondary N) is 1. The number of thiophene rings is 1. The molecule has 0 unspecified atom stereocenters. The van der Waals surface area contributed by atoms with Crippen LogP contribution < -0.4 is 5.32 Å². The van der Waals surface area contributed by atoms with Crippen LogP contribution in [0.4, 0.5) is 19.3 Å². The Morgan fingerprint density at radius 2 is 1.74 bits per heavy atom. The largest absolute Gasteiger partial charge is 0.465 e. The molecule has 194 valence electrons. The van der Waals surface area contributed by atoms with Gasteiger partial charge >= 0.3 is 12.0 Å². The molecule has 0 saturated heterocycles. The number of nitrogens with zero attached hydrogens (tertiary/aromatic N) is 2. The van der Waals surface area contributed by atoms with Gasteiger partial charge in [0.25, 0.3) is 0 Å². The smallest absolute Gasteiger partial charge is 0.337 e. The van der Waals surface area contributed by atoms with Gasteiger partial charge in [0, 0.05) is 28.4 Å². The van der Waals surface area contributed by atoms with Gasteiger partial charge < -0.3 is 19.5 Å². The van der Waals surface area contributed by atoms with E-state index in [1.807, 2.05) is 18.3 Å². The molecule has 1 atom stereocenters. The summed E-state index contributed by atoms with van der Waals surface area (Å²) in [5.41, 5.74) is 4.31. The summed E-state index contributed by atoms with van der Waals surface area (Å²) in [5, 5.41) is 3.97. The minimum absolute atomic E-state index is 0.289. The van der Waals surface area contributed by atoms with E-state index >= 15 is 0 Å².